The Balaban J connectivity index is 3.52. The maximum Gasteiger partial charge on any atom is 0.316 e. The van der Waals surface area contributed by atoms with Crippen LogP contribution in [0.3, 0.4) is 0 Å². The molecule has 0 saturated carbocycles. The molecule has 0 spiro atoms. The van der Waals surface area contributed by atoms with Crippen LogP contribution in [0.25, 0.3) is 0 Å². The van der Waals surface area contributed by atoms with Crippen molar-refractivity contribution < 1.29 is 9.59 Å². The minimum atomic E-state index is -0.162. The molecule has 3 amide bonds. The highest BCUT2D eigenvalue weighted by molar-refractivity contribution is 5.76. The largest absolute Gasteiger partial charge is 0.354 e. The van der Waals surface area contributed by atoms with E-state index >= 15 is 0 Å². The zero-order valence-corrected chi connectivity index (χ0v) is 10.2. The number of rotatable bonds is 6. The standard InChI is InChI=1S/C10H22N4O2/c1-8(7-11)6-9(15)12-4-5-13-10(16)14(2)3/h8H,4-7,11H2,1-3H3,(H,12,15)(H,13,16). The molecule has 6 nitrogen and oxygen atoms in total. The Bertz CT molecular complexity index is 231. The Kier molecular flexibility index (Phi) is 7.28. The highest BCUT2D eigenvalue weighted by atomic mass is 16.2. The number of hydrogen-bond acceptors (Lipinski definition) is 3. The number of nitrogens with two attached hydrogens (primary N) is 1. The van der Waals surface area contributed by atoms with Crippen molar-refractivity contribution in [2.24, 2.45) is 11.7 Å². The molecule has 0 fully saturated rings. The first kappa shape index (κ1) is 14.7. The maximum absolute atomic E-state index is 11.3. The van der Waals surface area contributed by atoms with Gasteiger partial charge in [0.25, 0.3) is 0 Å². The molecule has 0 aliphatic rings. The molecule has 1 unspecified atom stereocenters. The number of carbonyl (C=O) groups is 2. The fourth-order valence-corrected chi connectivity index (χ4v) is 1.00. The van der Waals surface area contributed by atoms with E-state index in [2.05, 4.69) is 10.6 Å². The summed E-state index contributed by atoms with van der Waals surface area (Å²) in [5.74, 6) is 0.161. The maximum atomic E-state index is 11.3. The molecule has 94 valence electrons. The topological polar surface area (TPSA) is 87.5 Å². The van der Waals surface area contributed by atoms with E-state index in [9.17, 15) is 9.59 Å². The third-order valence-electron chi connectivity index (χ3n) is 2.07. The Morgan fingerprint density at radius 1 is 1.25 bits per heavy atom. The second kappa shape index (κ2) is 7.92. The van der Waals surface area contributed by atoms with Gasteiger partial charge in [0.1, 0.15) is 0 Å². The van der Waals surface area contributed by atoms with Crippen LogP contribution in [0.15, 0.2) is 0 Å². The van der Waals surface area contributed by atoms with Gasteiger partial charge in [0.2, 0.25) is 5.91 Å². The van der Waals surface area contributed by atoms with Gasteiger partial charge in [0.05, 0.1) is 0 Å². The van der Waals surface area contributed by atoms with Gasteiger partial charge in [0.15, 0.2) is 0 Å². The van der Waals surface area contributed by atoms with Crippen molar-refractivity contribution in [3.8, 4) is 0 Å². The van der Waals surface area contributed by atoms with E-state index in [1.807, 2.05) is 6.92 Å². The lowest BCUT2D eigenvalue weighted by atomic mass is 10.1. The molecule has 0 bridgehead atoms. The Labute approximate surface area is 96.5 Å². The summed E-state index contributed by atoms with van der Waals surface area (Å²) in [7, 11) is 3.33. The number of amides is 3. The van der Waals surface area contributed by atoms with Crippen LogP contribution in [-0.4, -0.2) is 50.6 Å². The second-order valence-corrected chi connectivity index (χ2v) is 4.02. The first-order valence-corrected chi connectivity index (χ1v) is 5.39. The van der Waals surface area contributed by atoms with Crippen LogP contribution in [0.5, 0.6) is 0 Å². The zero-order valence-electron chi connectivity index (χ0n) is 10.2. The number of carbonyl (C=O) groups excluding carboxylic acids is 2. The fraction of sp³-hybridized carbons (Fsp3) is 0.800. The van der Waals surface area contributed by atoms with Crippen molar-refractivity contribution in [3.63, 3.8) is 0 Å². The highest BCUT2D eigenvalue weighted by Gasteiger charge is 2.07. The molecule has 0 aromatic heterocycles. The molecule has 1 atom stereocenters. The van der Waals surface area contributed by atoms with E-state index in [0.29, 0.717) is 26.1 Å². The predicted molar refractivity (Wildman–Crippen MR) is 62.9 cm³/mol. The lowest BCUT2D eigenvalue weighted by molar-refractivity contribution is -0.121. The molecule has 0 saturated heterocycles. The monoisotopic (exact) mass is 230 g/mol. The van der Waals surface area contributed by atoms with Crippen LogP contribution in [0.2, 0.25) is 0 Å². The first-order valence-electron chi connectivity index (χ1n) is 5.39. The van der Waals surface area contributed by atoms with E-state index in [-0.39, 0.29) is 17.9 Å². The Hall–Kier alpha value is -1.30. The number of nitrogens with one attached hydrogen (secondary N) is 2. The summed E-state index contributed by atoms with van der Waals surface area (Å²) in [6, 6.07) is -0.162. The Morgan fingerprint density at radius 3 is 2.31 bits per heavy atom. The number of urea groups is 1. The summed E-state index contributed by atoms with van der Waals surface area (Å²) in [4.78, 5) is 23.8. The average Bonchev–Trinajstić information content (AvgIpc) is 2.23. The minimum Gasteiger partial charge on any atom is -0.354 e. The molecule has 6 heteroatoms. The summed E-state index contributed by atoms with van der Waals surface area (Å²) in [6.45, 7) is 3.30. The molecule has 0 aliphatic carbocycles. The van der Waals surface area contributed by atoms with E-state index in [1.165, 1.54) is 4.90 Å². The number of hydrogen-bond donors (Lipinski definition) is 3. The Morgan fingerprint density at radius 2 is 1.81 bits per heavy atom. The SMILES string of the molecule is CC(CN)CC(=O)NCCNC(=O)N(C)C. The van der Waals surface area contributed by atoms with Crippen LogP contribution in [0.4, 0.5) is 4.79 Å². The van der Waals surface area contributed by atoms with Crippen molar-refractivity contribution in [1.82, 2.24) is 15.5 Å². The number of nitrogens with zero attached hydrogens (tertiary/aromatic N) is 1. The quantitative estimate of drug-likeness (QED) is 0.530. The molecular formula is C10H22N4O2. The molecule has 16 heavy (non-hydrogen) atoms. The van der Waals surface area contributed by atoms with Gasteiger partial charge < -0.3 is 21.3 Å². The summed E-state index contributed by atoms with van der Waals surface area (Å²) in [6.07, 6.45) is 0.429. The van der Waals surface area contributed by atoms with Gasteiger partial charge >= 0.3 is 6.03 Å². The van der Waals surface area contributed by atoms with E-state index in [1.54, 1.807) is 14.1 Å². The lowest BCUT2D eigenvalue weighted by Crippen LogP contribution is -2.40. The molecule has 0 aromatic rings. The predicted octanol–water partition coefficient (Wildman–Crippen LogP) is -0.641. The molecular weight excluding hydrogens is 208 g/mol. The van der Waals surface area contributed by atoms with Crippen LogP contribution >= 0.6 is 0 Å². The normalized spacial score (nSPS) is 11.8. The summed E-state index contributed by atoms with van der Waals surface area (Å²) in [5.41, 5.74) is 5.41. The van der Waals surface area contributed by atoms with Gasteiger partial charge in [-0.2, -0.15) is 0 Å². The van der Waals surface area contributed by atoms with E-state index in [4.69, 9.17) is 5.73 Å². The van der Waals surface area contributed by atoms with Gasteiger partial charge in [0, 0.05) is 33.6 Å². The van der Waals surface area contributed by atoms with Crippen LogP contribution in [0.1, 0.15) is 13.3 Å². The smallest absolute Gasteiger partial charge is 0.316 e. The third kappa shape index (κ3) is 7.05. The van der Waals surface area contributed by atoms with Crippen LogP contribution in [-0.2, 0) is 4.79 Å². The van der Waals surface area contributed by atoms with Crippen LogP contribution in [0, 0.1) is 5.92 Å². The molecule has 0 radical (unpaired) electrons. The highest BCUT2D eigenvalue weighted by Crippen LogP contribution is 1.97. The lowest BCUT2D eigenvalue weighted by Gasteiger charge is -2.13. The second-order valence-electron chi connectivity index (χ2n) is 4.02. The van der Waals surface area contributed by atoms with Crippen molar-refractivity contribution in [3.05, 3.63) is 0 Å². The van der Waals surface area contributed by atoms with Gasteiger partial charge in [-0.1, -0.05) is 6.92 Å². The fourth-order valence-electron chi connectivity index (χ4n) is 1.00. The molecule has 4 N–H and O–H groups in total. The molecule has 0 heterocycles. The summed E-state index contributed by atoms with van der Waals surface area (Å²) >= 11 is 0. The average molecular weight is 230 g/mol. The third-order valence-corrected chi connectivity index (χ3v) is 2.07. The zero-order chi connectivity index (χ0) is 12.6. The van der Waals surface area contributed by atoms with Crippen molar-refractivity contribution in [2.75, 3.05) is 33.7 Å². The van der Waals surface area contributed by atoms with Crippen molar-refractivity contribution in [1.29, 1.82) is 0 Å². The molecule has 0 aliphatic heterocycles. The van der Waals surface area contributed by atoms with Crippen LogP contribution < -0.4 is 16.4 Å². The van der Waals surface area contributed by atoms with Gasteiger partial charge in [-0.3, -0.25) is 4.79 Å². The van der Waals surface area contributed by atoms with Crippen molar-refractivity contribution in [2.45, 2.75) is 13.3 Å². The molecule has 0 rings (SSSR count). The van der Waals surface area contributed by atoms with Gasteiger partial charge in [-0.05, 0) is 12.5 Å². The van der Waals surface area contributed by atoms with Gasteiger partial charge in [-0.15, -0.1) is 0 Å². The van der Waals surface area contributed by atoms with E-state index < -0.39 is 0 Å². The van der Waals surface area contributed by atoms with Gasteiger partial charge in [-0.25, -0.2) is 4.79 Å². The summed E-state index contributed by atoms with van der Waals surface area (Å²) < 4.78 is 0. The minimum absolute atomic E-state index is 0.0305. The molecule has 0 aromatic carbocycles. The van der Waals surface area contributed by atoms with Crippen molar-refractivity contribution >= 4 is 11.9 Å². The first-order chi connectivity index (χ1) is 7.47. The summed E-state index contributed by atoms with van der Waals surface area (Å²) in [5, 5.41) is 5.37. The van der Waals surface area contributed by atoms with E-state index in [0.717, 1.165) is 0 Å².